The van der Waals surface area contributed by atoms with Crippen LogP contribution in [-0.2, 0) is 12.8 Å². The molecular formula is C39H32Br2N10O3. The molecule has 8 heterocycles. The minimum Gasteiger partial charge on any atom is -0.441 e. The zero-order valence-corrected chi connectivity index (χ0v) is 32.6. The van der Waals surface area contributed by atoms with Gasteiger partial charge in [0, 0.05) is 68.5 Å². The van der Waals surface area contributed by atoms with Crippen LogP contribution in [0.15, 0.2) is 92.9 Å². The molecule has 8 aromatic rings. The van der Waals surface area contributed by atoms with Gasteiger partial charge in [0.2, 0.25) is 0 Å². The van der Waals surface area contributed by atoms with Crippen LogP contribution in [0.5, 0.6) is 0 Å². The topological polar surface area (TPSA) is 140 Å². The molecule has 2 aliphatic heterocycles. The Bertz CT molecular complexity index is 2790. The van der Waals surface area contributed by atoms with Crippen LogP contribution < -0.4 is 0 Å². The SMILES string of the molecule is CC1c2ccc3ncccc3c2CCN1C(=O)c1cc2ncc(Br)cn2n1.Cc1nc2c3c(ccc2o1)C(C)N(C(=O)c1cc2ncc(Br)cn2n1)CC3. The van der Waals surface area contributed by atoms with Gasteiger partial charge < -0.3 is 14.2 Å². The zero-order chi connectivity index (χ0) is 37.2. The quantitative estimate of drug-likeness (QED) is 0.173. The molecule has 2 aliphatic rings. The molecule has 2 amide bonds. The van der Waals surface area contributed by atoms with Crippen LogP contribution in [0.4, 0.5) is 0 Å². The van der Waals surface area contributed by atoms with Crippen molar-refractivity contribution >= 4 is 77.0 Å². The Morgan fingerprint density at radius 2 is 1.33 bits per heavy atom. The van der Waals surface area contributed by atoms with Crippen molar-refractivity contribution < 1.29 is 14.0 Å². The van der Waals surface area contributed by atoms with E-state index in [1.54, 1.807) is 46.0 Å². The van der Waals surface area contributed by atoms with Gasteiger partial charge in [0.05, 0.1) is 26.5 Å². The maximum absolute atomic E-state index is 13.1. The van der Waals surface area contributed by atoms with E-state index in [9.17, 15) is 9.59 Å². The van der Waals surface area contributed by atoms with E-state index in [-0.39, 0.29) is 23.9 Å². The highest BCUT2D eigenvalue weighted by Crippen LogP contribution is 2.36. The fourth-order valence-electron chi connectivity index (χ4n) is 7.68. The second-order valence-corrected chi connectivity index (χ2v) is 15.3. The summed E-state index contributed by atoms with van der Waals surface area (Å²) in [6, 6.07) is 15.6. The molecule has 2 aromatic carbocycles. The van der Waals surface area contributed by atoms with E-state index in [1.165, 1.54) is 22.1 Å². The first kappa shape index (κ1) is 34.2. The van der Waals surface area contributed by atoms with Crippen molar-refractivity contribution in [1.29, 1.82) is 0 Å². The number of carbonyl (C=O) groups excluding carboxylic acids is 2. The predicted molar refractivity (Wildman–Crippen MR) is 208 cm³/mol. The van der Waals surface area contributed by atoms with Gasteiger partial charge in [0.1, 0.15) is 5.52 Å². The molecule has 0 saturated carbocycles. The van der Waals surface area contributed by atoms with Crippen molar-refractivity contribution in [2.75, 3.05) is 13.1 Å². The monoisotopic (exact) mass is 846 g/mol. The van der Waals surface area contributed by atoms with Gasteiger partial charge in [-0.25, -0.2) is 24.0 Å². The first-order valence-corrected chi connectivity index (χ1v) is 19.1. The molecule has 0 aliphatic carbocycles. The first-order valence-electron chi connectivity index (χ1n) is 17.5. The van der Waals surface area contributed by atoms with E-state index in [0.29, 0.717) is 41.7 Å². The molecule has 2 atom stereocenters. The van der Waals surface area contributed by atoms with E-state index in [0.717, 1.165) is 44.0 Å². The second kappa shape index (κ2) is 13.4. The molecule has 0 radical (unpaired) electrons. The zero-order valence-electron chi connectivity index (χ0n) is 29.4. The second-order valence-electron chi connectivity index (χ2n) is 13.5. The Hall–Kier alpha value is -5.54. The molecule has 0 spiro atoms. The number of hydrogen-bond acceptors (Lipinski definition) is 9. The number of nitrogens with zero attached hydrogens (tertiary/aromatic N) is 10. The number of rotatable bonds is 2. The van der Waals surface area contributed by atoms with Crippen LogP contribution in [-0.4, -0.2) is 73.9 Å². The van der Waals surface area contributed by atoms with Gasteiger partial charge in [-0.1, -0.05) is 18.2 Å². The van der Waals surface area contributed by atoms with Crippen LogP contribution >= 0.6 is 31.9 Å². The molecule has 0 bridgehead atoms. The highest BCUT2D eigenvalue weighted by molar-refractivity contribution is 9.10. The number of halogens is 2. The van der Waals surface area contributed by atoms with Gasteiger partial charge in [0.15, 0.2) is 34.2 Å². The van der Waals surface area contributed by atoms with Crippen LogP contribution in [0, 0.1) is 6.92 Å². The van der Waals surface area contributed by atoms with Crippen molar-refractivity contribution in [2.45, 2.75) is 45.7 Å². The lowest BCUT2D eigenvalue weighted by Crippen LogP contribution is -2.39. The molecule has 0 fully saturated rings. The van der Waals surface area contributed by atoms with E-state index >= 15 is 0 Å². The maximum Gasteiger partial charge on any atom is 0.274 e. The molecule has 0 N–H and O–H groups in total. The summed E-state index contributed by atoms with van der Waals surface area (Å²) in [4.78, 5) is 47.6. The molecule has 10 rings (SSSR count). The van der Waals surface area contributed by atoms with E-state index < -0.39 is 0 Å². The Kier molecular flexibility index (Phi) is 8.49. The summed E-state index contributed by atoms with van der Waals surface area (Å²) in [5.74, 6) is 0.500. The van der Waals surface area contributed by atoms with Gasteiger partial charge in [-0.2, -0.15) is 10.2 Å². The van der Waals surface area contributed by atoms with Gasteiger partial charge >= 0.3 is 0 Å². The summed E-state index contributed by atoms with van der Waals surface area (Å²) >= 11 is 6.75. The number of amides is 2. The lowest BCUT2D eigenvalue weighted by atomic mass is 9.90. The van der Waals surface area contributed by atoms with Crippen LogP contribution in [0.2, 0.25) is 0 Å². The smallest absolute Gasteiger partial charge is 0.274 e. The Morgan fingerprint density at radius 3 is 1.96 bits per heavy atom. The van der Waals surface area contributed by atoms with E-state index in [1.807, 2.05) is 54.1 Å². The minimum atomic E-state index is -0.0915. The number of benzene rings is 2. The number of fused-ring (bicyclic) bond motifs is 8. The van der Waals surface area contributed by atoms with Gasteiger partial charge in [-0.05, 0) is 99.0 Å². The lowest BCUT2D eigenvalue weighted by molar-refractivity contribution is 0.0664. The van der Waals surface area contributed by atoms with E-state index in [4.69, 9.17) is 4.42 Å². The summed E-state index contributed by atoms with van der Waals surface area (Å²) < 4.78 is 10.5. The summed E-state index contributed by atoms with van der Waals surface area (Å²) in [6.45, 7) is 7.24. The Morgan fingerprint density at radius 1 is 0.759 bits per heavy atom. The number of aromatic nitrogens is 8. The van der Waals surface area contributed by atoms with Crippen LogP contribution in [0.1, 0.15) is 75.1 Å². The molecule has 2 unspecified atom stereocenters. The van der Waals surface area contributed by atoms with Gasteiger partial charge in [-0.15, -0.1) is 0 Å². The lowest BCUT2D eigenvalue weighted by Gasteiger charge is -2.35. The Labute approximate surface area is 325 Å². The van der Waals surface area contributed by atoms with Gasteiger partial charge in [0.25, 0.3) is 11.8 Å². The normalized spacial score (nSPS) is 16.8. The molecule has 0 saturated heterocycles. The number of oxazole rings is 1. The number of pyridine rings is 1. The van der Waals surface area contributed by atoms with Crippen LogP contribution in [0.3, 0.4) is 0 Å². The molecule has 6 aromatic heterocycles. The van der Waals surface area contributed by atoms with Crippen molar-refractivity contribution in [3.8, 4) is 0 Å². The van der Waals surface area contributed by atoms with Crippen molar-refractivity contribution in [3.63, 3.8) is 0 Å². The van der Waals surface area contributed by atoms with Gasteiger partial charge in [-0.3, -0.25) is 14.6 Å². The van der Waals surface area contributed by atoms with Crippen molar-refractivity contribution in [2.24, 2.45) is 0 Å². The molecule has 270 valence electrons. The molecule has 54 heavy (non-hydrogen) atoms. The maximum atomic E-state index is 13.1. The number of carbonyl (C=O) groups is 2. The van der Waals surface area contributed by atoms with Crippen molar-refractivity contribution in [1.82, 2.24) is 49.0 Å². The number of aryl methyl sites for hydroxylation is 1. The largest absolute Gasteiger partial charge is 0.441 e. The average molecular weight is 849 g/mol. The fourth-order valence-corrected chi connectivity index (χ4v) is 8.28. The summed E-state index contributed by atoms with van der Waals surface area (Å²) in [7, 11) is 0. The third-order valence-corrected chi connectivity index (χ3v) is 11.1. The fraction of sp³-hybridized carbons (Fsp3) is 0.231. The summed E-state index contributed by atoms with van der Waals surface area (Å²) in [5.41, 5.74) is 9.57. The third kappa shape index (κ3) is 5.91. The average Bonchev–Trinajstić information content (AvgIpc) is 3.90. The third-order valence-electron chi connectivity index (χ3n) is 10.3. The Balaban J connectivity index is 0.000000142. The molecule has 15 heteroatoms. The van der Waals surface area contributed by atoms with Crippen molar-refractivity contribution in [3.05, 3.63) is 128 Å². The minimum absolute atomic E-state index is 0.0182. The van der Waals surface area contributed by atoms with Crippen LogP contribution in [0.25, 0.3) is 33.3 Å². The predicted octanol–water partition coefficient (Wildman–Crippen LogP) is 7.50. The molecule has 13 nitrogen and oxygen atoms in total. The molecular weight excluding hydrogens is 816 g/mol. The summed E-state index contributed by atoms with van der Waals surface area (Å²) in [6.07, 6.45) is 10.3. The van der Waals surface area contributed by atoms with E-state index in [2.05, 4.69) is 81.0 Å². The standard InChI is InChI=1S/C20H16BrN5O.C19H16BrN5O2/c1-12-14-4-5-17-16(3-2-7-22-17)15(14)6-8-25(12)20(27)18-9-19-23-10-13(21)11-26(19)24-18;1-10-13-3-4-16-18(22-11(2)27-16)14(13)5-6-24(10)19(26)15-7-17-21-8-12(20)9-25(17)23-15/h2-5,7,9-12H,6,8H2,1H3;3-4,7-10H,5-6H2,1-2H3. The number of hydrogen-bond donors (Lipinski definition) is 0. The highest BCUT2D eigenvalue weighted by atomic mass is 79.9. The first-order chi connectivity index (χ1) is 26.1. The highest BCUT2D eigenvalue weighted by Gasteiger charge is 2.32. The summed E-state index contributed by atoms with van der Waals surface area (Å²) in [5, 5.41) is 9.99.